The summed E-state index contributed by atoms with van der Waals surface area (Å²) in [7, 11) is 1.40. The minimum atomic E-state index is -0.758. The number of nitrogens with one attached hydrogen (secondary N) is 1. The van der Waals surface area contributed by atoms with Crippen LogP contribution in [0.5, 0.6) is 17.2 Å². The summed E-state index contributed by atoms with van der Waals surface area (Å²) in [6.45, 7) is 3.75. The molecule has 0 aliphatic rings. The summed E-state index contributed by atoms with van der Waals surface area (Å²) >= 11 is 0. The zero-order valence-electron chi connectivity index (χ0n) is 19.5. The van der Waals surface area contributed by atoms with Gasteiger partial charge in [-0.25, -0.2) is 4.98 Å². The minimum Gasteiger partial charge on any atom is -0.493 e. The van der Waals surface area contributed by atoms with Crippen LogP contribution in [-0.2, 0) is 6.42 Å². The van der Waals surface area contributed by atoms with Gasteiger partial charge in [0, 0.05) is 11.6 Å². The molecule has 184 valence electrons. The van der Waals surface area contributed by atoms with Gasteiger partial charge in [0.2, 0.25) is 5.75 Å². The van der Waals surface area contributed by atoms with Crippen LogP contribution >= 0.6 is 0 Å². The number of hydrogen-bond acceptors (Lipinski definition) is 8. The van der Waals surface area contributed by atoms with Crippen LogP contribution < -0.4 is 9.47 Å². The molecule has 4 aromatic rings. The van der Waals surface area contributed by atoms with E-state index in [0.29, 0.717) is 23.4 Å². The monoisotopic (exact) mass is 497 g/mol. The highest BCUT2D eigenvalue weighted by Crippen LogP contribution is 2.41. The Balaban J connectivity index is 1.79. The van der Waals surface area contributed by atoms with Crippen LogP contribution in [0.15, 0.2) is 67.3 Å². The van der Waals surface area contributed by atoms with Gasteiger partial charge in [0.25, 0.3) is 5.69 Å². The second kappa shape index (κ2) is 10.4. The lowest BCUT2D eigenvalue weighted by atomic mass is 10.0. The molecular weight excluding hydrogens is 478 g/mol. The van der Waals surface area contributed by atoms with Crippen molar-refractivity contribution in [1.29, 1.82) is 5.26 Å². The number of non-ortho nitro benzene ring substituents is 1. The number of H-pyrrole nitrogens is 1. The van der Waals surface area contributed by atoms with E-state index in [1.807, 2.05) is 24.3 Å². The maximum absolute atomic E-state index is 11.6. The maximum Gasteiger partial charge on any atom is 0.318 e. The Morgan fingerprint density at radius 1 is 1.14 bits per heavy atom. The van der Waals surface area contributed by atoms with Gasteiger partial charge < -0.3 is 14.5 Å². The number of para-hydroxylation sites is 2. The summed E-state index contributed by atoms with van der Waals surface area (Å²) in [4.78, 5) is 28.7. The van der Waals surface area contributed by atoms with Gasteiger partial charge in [-0.1, -0.05) is 18.2 Å². The molecule has 4 rings (SSSR count). The predicted molar refractivity (Wildman–Crippen MR) is 136 cm³/mol. The largest absolute Gasteiger partial charge is 0.493 e. The molecule has 0 spiro atoms. The lowest BCUT2D eigenvalue weighted by Crippen LogP contribution is -2.00. The van der Waals surface area contributed by atoms with Crippen LogP contribution in [0.3, 0.4) is 0 Å². The number of imidazole rings is 1. The Labute approximate surface area is 210 Å². The van der Waals surface area contributed by atoms with E-state index in [1.165, 1.54) is 7.11 Å². The molecule has 0 fully saturated rings. The minimum absolute atomic E-state index is 0.179. The molecule has 1 N–H and O–H groups in total. The van der Waals surface area contributed by atoms with E-state index in [-0.39, 0.29) is 22.8 Å². The number of aromatic amines is 1. The highest BCUT2D eigenvalue weighted by molar-refractivity contribution is 5.90. The van der Waals surface area contributed by atoms with E-state index in [0.717, 1.165) is 29.2 Å². The normalized spacial score (nSPS) is 11.1. The van der Waals surface area contributed by atoms with E-state index in [1.54, 1.807) is 24.3 Å². The summed E-state index contributed by atoms with van der Waals surface area (Å²) in [5.74, 6) is 0.621. The first kappa shape index (κ1) is 24.6. The van der Waals surface area contributed by atoms with E-state index in [9.17, 15) is 25.5 Å². The van der Waals surface area contributed by atoms with Gasteiger partial charge in [-0.2, -0.15) is 5.26 Å². The topological polar surface area (TPSA) is 157 Å². The zero-order valence-corrected chi connectivity index (χ0v) is 19.5. The third-order valence-corrected chi connectivity index (χ3v) is 5.38. The van der Waals surface area contributed by atoms with Gasteiger partial charge in [-0.3, -0.25) is 20.2 Å². The summed E-state index contributed by atoms with van der Waals surface area (Å²) < 4.78 is 11.4. The SMILES string of the molecule is C=CCc1cc(/C=C(\C#N)c2nc3ccccc3[nH]2)cc(OC)c1Oc1ccc([N+](=O)[O-])cc1[N+](=O)[O-]. The first-order chi connectivity index (χ1) is 17.8. The number of fused-ring (bicyclic) bond motifs is 1. The first-order valence-corrected chi connectivity index (χ1v) is 10.8. The van der Waals surface area contributed by atoms with Crippen molar-refractivity contribution in [3.8, 4) is 23.3 Å². The lowest BCUT2D eigenvalue weighted by Gasteiger charge is -2.15. The van der Waals surface area contributed by atoms with Gasteiger partial charge in [-0.05, 0) is 48.4 Å². The van der Waals surface area contributed by atoms with Crippen molar-refractivity contribution in [2.45, 2.75) is 6.42 Å². The van der Waals surface area contributed by atoms with Gasteiger partial charge in [0.05, 0.1) is 39.6 Å². The third-order valence-electron chi connectivity index (χ3n) is 5.38. The fourth-order valence-corrected chi connectivity index (χ4v) is 3.70. The Bertz CT molecular complexity index is 1580. The molecule has 0 aliphatic carbocycles. The molecule has 0 atom stereocenters. The van der Waals surface area contributed by atoms with Crippen LogP contribution in [0, 0.1) is 31.6 Å². The van der Waals surface area contributed by atoms with E-state index in [4.69, 9.17) is 9.47 Å². The number of hydrogen-bond donors (Lipinski definition) is 1. The first-order valence-electron chi connectivity index (χ1n) is 10.8. The molecule has 1 aromatic heterocycles. The molecular formula is C26H19N5O6. The molecule has 0 bridgehead atoms. The van der Waals surface area contributed by atoms with Gasteiger partial charge in [-0.15, -0.1) is 6.58 Å². The number of aromatic nitrogens is 2. The predicted octanol–water partition coefficient (Wildman–Crippen LogP) is 5.97. The van der Waals surface area contributed by atoms with Crippen LogP contribution in [0.4, 0.5) is 11.4 Å². The molecule has 37 heavy (non-hydrogen) atoms. The highest BCUT2D eigenvalue weighted by atomic mass is 16.6. The van der Waals surface area contributed by atoms with E-state index < -0.39 is 21.2 Å². The Hall–Kier alpha value is -5.50. The lowest BCUT2D eigenvalue weighted by molar-refractivity contribution is -0.394. The Morgan fingerprint density at radius 3 is 2.57 bits per heavy atom. The average Bonchev–Trinajstić information content (AvgIpc) is 3.32. The van der Waals surface area contributed by atoms with Crippen molar-refractivity contribution >= 4 is 34.1 Å². The second-order valence-electron chi connectivity index (χ2n) is 7.74. The van der Waals surface area contributed by atoms with Crippen molar-refractivity contribution in [2.75, 3.05) is 7.11 Å². The van der Waals surface area contributed by atoms with Crippen LogP contribution in [0.25, 0.3) is 22.7 Å². The molecule has 0 radical (unpaired) electrons. The van der Waals surface area contributed by atoms with Crippen molar-refractivity contribution < 1.29 is 19.3 Å². The number of nitro benzene ring substituents is 2. The quantitative estimate of drug-likeness (QED) is 0.128. The second-order valence-corrected chi connectivity index (χ2v) is 7.74. The van der Waals surface area contributed by atoms with Crippen molar-refractivity contribution in [3.63, 3.8) is 0 Å². The summed E-state index contributed by atoms with van der Waals surface area (Å²) in [6.07, 6.45) is 3.55. The number of benzene rings is 3. The maximum atomic E-state index is 11.6. The van der Waals surface area contributed by atoms with Gasteiger partial charge >= 0.3 is 5.69 Å². The van der Waals surface area contributed by atoms with Gasteiger partial charge in [0.15, 0.2) is 11.5 Å². The van der Waals surface area contributed by atoms with Crippen LogP contribution in [-0.4, -0.2) is 26.9 Å². The molecule has 0 unspecified atom stereocenters. The molecule has 3 aromatic carbocycles. The number of nitro groups is 2. The molecule has 0 aliphatic heterocycles. The van der Waals surface area contributed by atoms with Crippen molar-refractivity contribution in [2.24, 2.45) is 0 Å². The smallest absolute Gasteiger partial charge is 0.318 e. The highest BCUT2D eigenvalue weighted by Gasteiger charge is 2.24. The molecule has 1 heterocycles. The van der Waals surface area contributed by atoms with Crippen LogP contribution in [0.1, 0.15) is 17.0 Å². The molecule has 0 saturated carbocycles. The number of methoxy groups -OCH3 is 1. The number of allylic oxidation sites excluding steroid dienone is 2. The zero-order chi connectivity index (χ0) is 26.5. The fraction of sp³-hybridized carbons (Fsp3) is 0.0769. The third kappa shape index (κ3) is 5.13. The number of rotatable bonds is 9. The molecule has 11 heteroatoms. The van der Waals surface area contributed by atoms with E-state index >= 15 is 0 Å². The van der Waals surface area contributed by atoms with Crippen LogP contribution in [0.2, 0.25) is 0 Å². The number of ether oxygens (including phenoxy) is 2. The summed E-state index contributed by atoms with van der Waals surface area (Å²) in [5.41, 5.74) is 1.94. The number of nitrogens with zero attached hydrogens (tertiary/aromatic N) is 4. The summed E-state index contributed by atoms with van der Waals surface area (Å²) in [6, 6.07) is 16.0. The Morgan fingerprint density at radius 2 is 1.92 bits per heavy atom. The fourth-order valence-electron chi connectivity index (χ4n) is 3.70. The molecule has 11 nitrogen and oxygen atoms in total. The van der Waals surface area contributed by atoms with Gasteiger partial charge in [0.1, 0.15) is 11.9 Å². The summed E-state index contributed by atoms with van der Waals surface area (Å²) in [5, 5.41) is 32.4. The van der Waals surface area contributed by atoms with E-state index in [2.05, 4.69) is 22.6 Å². The molecule has 0 amide bonds. The molecule has 0 saturated heterocycles. The van der Waals surface area contributed by atoms with Crippen molar-refractivity contribution in [3.05, 3.63) is 104 Å². The average molecular weight is 497 g/mol. The Kier molecular flexibility index (Phi) is 6.93. The standard InChI is InChI=1S/C26H19N5O6/c1-3-6-17-11-16(12-18(15-27)26-28-20-7-4-5-8-21(20)29-26)13-24(36-2)25(17)37-23-10-9-19(30(32)33)14-22(23)31(34)35/h3-5,7-14H,1,6H2,2H3,(H,28,29)/b18-12+. The van der Waals surface area contributed by atoms with Crippen molar-refractivity contribution in [1.82, 2.24) is 9.97 Å². The number of nitriles is 1.